The molecule has 0 radical (unpaired) electrons. The third kappa shape index (κ3) is 5.50. The average Bonchev–Trinajstić information content (AvgIpc) is 3.20. The van der Waals surface area contributed by atoms with E-state index in [4.69, 9.17) is 18.9 Å². The zero-order chi connectivity index (χ0) is 27.2. The van der Waals surface area contributed by atoms with Crippen LogP contribution in [0.25, 0.3) is 5.76 Å². The van der Waals surface area contributed by atoms with Crippen LogP contribution in [0.4, 0.5) is 0 Å². The van der Waals surface area contributed by atoms with Crippen molar-refractivity contribution in [3.8, 4) is 17.2 Å². The summed E-state index contributed by atoms with van der Waals surface area (Å²) in [5.74, 6) is -0.401. The molecule has 8 nitrogen and oxygen atoms in total. The Labute approximate surface area is 222 Å². The SMILES string of the molecule is COCCN1C(=O)C(=O)/C(=C(/O)c2cc(OC)ccc2OC)C1c1ccc(OCc2ccc(C)cc2)cc1. The van der Waals surface area contributed by atoms with Crippen LogP contribution in [0.1, 0.15) is 28.3 Å². The Morgan fingerprint density at radius 3 is 2.21 bits per heavy atom. The molecule has 38 heavy (non-hydrogen) atoms. The molecule has 1 aliphatic rings. The van der Waals surface area contributed by atoms with Crippen molar-refractivity contribution >= 4 is 17.4 Å². The molecule has 3 aromatic rings. The first-order valence-corrected chi connectivity index (χ1v) is 12.2. The summed E-state index contributed by atoms with van der Waals surface area (Å²) in [7, 11) is 4.48. The molecule has 1 N–H and O–H groups in total. The minimum atomic E-state index is -0.827. The second kappa shape index (κ2) is 11.8. The number of likely N-dealkylation sites (tertiary alicyclic amines) is 1. The highest BCUT2D eigenvalue weighted by molar-refractivity contribution is 6.46. The molecule has 1 heterocycles. The molecule has 1 atom stereocenters. The number of hydrogen-bond donors (Lipinski definition) is 1. The molecule has 3 aromatic carbocycles. The van der Waals surface area contributed by atoms with Crippen LogP contribution in [-0.2, 0) is 20.9 Å². The first-order chi connectivity index (χ1) is 18.4. The smallest absolute Gasteiger partial charge is 0.295 e. The first-order valence-electron chi connectivity index (χ1n) is 12.2. The number of ether oxygens (including phenoxy) is 4. The van der Waals surface area contributed by atoms with Crippen LogP contribution in [0.2, 0.25) is 0 Å². The van der Waals surface area contributed by atoms with Crippen LogP contribution in [0, 0.1) is 6.92 Å². The van der Waals surface area contributed by atoms with Crippen molar-refractivity contribution in [1.29, 1.82) is 0 Å². The molecule has 0 aromatic heterocycles. The Morgan fingerprint density at radius 1 is 0.895 bits per heavy atom. The summed E-state index contributed by atoms with van der Waals surface area (Å²) in [6, 6.07) is 19.3. The molecule has 0 aliphatic carbocycles. The number of benzene rings is 3. The number of carbonyl (C=O) groups is 2. The minimum Gasteiger partial charge on any atom is -0.507 e. The normalized spacial score (nSPS) is 16.5. The summed E-state index contributed by atoms with van der Waals surface area (Å²) in [5, 5.41) is 11.4. The van der Waals surface area contributed by atoms with Gasteiger partial charge in [0.15, 0.2) is 0 Å². The minimum absolute atomic E-state index is 0.0361. The molecule has 1 saturated heterocycles. The lowest BCUT2D eigenvalue weighted by molar-refractivity contribution is -0.140. The predicted octanol–water partition coefficient (Wildman–Crippen LogP) is 4.66. The van der Waals surface area contributed by atoms with E-state index < -0.39 is 17.7 Å². The van der Waals surface area contributed by atoms with Gasteiger partial charge in [-0.25, -0.2) is 0 Å². The molecular formula is C30H31NO7. The number of carbonyl (C=O) groups excluding carboxylic acids is 2. The van der Waals surface area contributed by atoms with Crippen molar-refractivity contribution in [2.75, 3.05) is 34.5 Å². The highest BCUT2D eigenvalue weighted by Gasteiger charge is 2.46. The van der Waals surface area contributed by atoms with Crippen molar-refractivity contribution in [3.05, 3.63) is 94.6 Å². The number of ketones is 1. The third-order valence-electron chi connectivity index (χ3n) is 6.46. The Balaban J connectivity index is 1.71. The summed E-state index contributed by atoms with van der Waals surface area (Å²) >= 11 is 0. The Kier molecular flexibility index (Phi) is 8.33. The van der Waals surface area contributed by atoms with Crippen LogP contribution in [0.5, 0.6) is 17.2 Å². The van der Waals surface area contributed by atoms with Gasteiger partial charge in [0, 0.05) is 13.7 Å². The molecule has 1 aliphatic heterocycles. The van der Waals surface area contributed by atoms with Gasteiger partial charge in [0.05, 0.1) is 38.0 Å². The molecule has 4 rings (SSSR count). The number of nitrogens with zero attached hydrogens (tertiary/aromatic N) is 1. The number of rotatable bonds is 10. The molecule has 0 spiro atoms. The molecule has 8 heteroatoms. The highest BCUT2D eigenvalue weighted by Crippen LogP contribution is 2.41. The number of aliphatic hydroxyl groups is 1. The third-order valence-corrected chi connectivity index (χ3v) is 6.46. The standard InChI is InChI=1S/C30H31NO7/c1-19-5-7-20(8-6-19)18-38-22-11-9-21(10-12-22)27-26(29(33)30(34)31(27)15-16-35-2)28(32)24-17-23(36-3)13-14-25(24)37-4/h5-14,17,27,32H,15-16,18H2,1-4H3/b28-26+. The monoisotopic (exact) mass is 517 g/mol. The van der Waals surface area contributed by atoms with E-state index in [1.54, 1.807) is 42.5 Å². The van der Waals surface area contributed by atoms with E-state index in [-0.39, 0.29) is 30.0 Å². The van der Waals surface area contributed by atoms with Crippen LogP contribution in [0.3, 0.4) is 0 Å². The second-order valence-corrected chi connectivity index (χ2v) is 8.89. The van der Waals surface area contributed by atoms with E-state index in [9.17, 15) is 14.7 Å². The number of hydrogen-bond acceptors (Lipinski definition) is 7. The van der Waals surface area contributed by atoms with E-state index in [1.165, 1.54) is 31.8 Å². The number of amides is 1. The Morgan fingerprint density at radius 2 is 1.58 bits per heavy atom. The van der Waals surface area contributed by atoms with Crippen molar-refractivity contribution in [2.24, 2.45) is 0 Å². The number of aryl methyl sites for hydroxylation is 1. The molecular weight excluding hydrogens is 486 g/mol. The van der Waals surface area contributed by atoms with Crippen LogP contribution in [-0.4, -0.2) is 56.2 Å². The Bertz CT molecular complexity index is 1330. The lowest BCUT2D eigenvalue weighted by Crippen LogP contribution is -2.32. The molecule has 0 saturated carbocycles. The van der Waals surface area contributed by atoms with Gasteiger partial charge < -0.3 is 29.0 Å². The predicted molar refractivity (Wildman–Crippen MR) is 142 cm³/mol. The molecule has 1 amide bonds. The zero-order valence-corrected chi connectivity index (χ0v) is 21.9. The van der Waals surface area contributed by atoms with Crippen molar-refractivity contribution in [2.45, 2.75) is 19.6 Å². The molecule has 1 unspecified atom stereocenters. The molecule has 198 valence electrons. The van der Waals surface area contributed by atoms with Gasteiger partial charge in [-0.3, -0.25) is 9.59 Å². The van der Waals surface area contributed by atoms with Gasteiger partial charge in [0.1, 0.15) is 29.6 Å². The van der Waals surface area contributed by atoms with Crippen molar-refractivity contribution < 1.29 is 33.6 Å². The quantitative estimate of drug-likeness (QED) is 0.237. The second-order valence-electron chi connectivity index (χ2n) is 8.89. The van der Waals surface area contributed by atoms with Crippen molar-refractivity contribution in [1.82, 2.24) is 4.90 Å². The maximum atomic E-state index is 13.2. The van der Waals surface area contributed by atoms with Crippen LogP contribution in [0.15, 0.2) is 72.3 Å². The summed E-state index contributed by atoms with van der Waals surface area (Å²) in [5.41, 5.74) is 3.08. The van der Waals surface area contributed by atoms with Gasteiger partial charge in [-0.05, 0) is 48.4 Å². The maximum absolute atomic E-state index is 13.2. The van der Waals surface area contributed by atoms with E-state index in [0.717, 1.165) is 5.56 Å². The van der Waals surface area contributed by atoms with Gasteiger partial charge in [-0.2, -0.15) is 0 Å². The van der Waals surface area contributed by atoms with E-state index in [1.807, 2.05) is 31.2 Å². The largest absolute Gasteiger partial charge is 0.507 e. The fourth-order valence-corrected chi connectivity index (χ4v) is 4.39. The Hall–Kier alpha value is -4.30. The number of aliphatic hydroxyl groups excluding tert-OH is 1. The summed E-state index contributed by atoms with van der Waals surface area (Å²) in [6.07, 6.45) is 0. The zero-order valence-electron chi connectivity index (χ0n) is 21.9. The van der Waals surface area contributed by atoms with Gasteiger partial charge >= 0.3 is 0 Å². The first kappa shape index (κ1) is 26.8. The number of methoxy groups -OCH3 is 3. The van der Waals surface area contributed by atoms with Gasteiger partial charge in [-0.1, -0.05) is 42.0 Å². The summed E-state index contributed by atoms with van der Waals surface area (Å²) in [4.78, 5) is 27.7. The maximum Gasteiger partial charge on any atom is 0.295 e. The van der Waals surface area contributed by atoms with Gasteiger partial charge in [-0.15, -0.1) is 0 Å². The summed E-state index contributed by atoms with van der Waals surface area (Å²) in [6.45, 7) is 2.83. The van der Waals surface area contributed by atoms with E-state index >= 15 is 0 Å². The van der Waals surface area contributed by atoms with Crippen LogP contribution < -0.4 is 14.2 Å². The fraction of sp³-hybridized carbons (Fsp3) is 0.267. The number of Topliss-reactive ketones (excluding diaryl/α,β-unsaturated/α-hetero) is 1. The highest BCUT2D eigenvalue weighted by atomic mass is 16.5. The molecule has 1 fully saturated rings. The average molecular weight is 518 g/mol. The van der Waals surface area contributed by atoms with Gasteiger partial charge in [0.25, 0.3) is 11.7 Å². The van der Waals surface area contributed by atoms with Crippen molar-refractivity contribution in [3.63, 3.8) is 0 Å². The van der Waals surface area contributed by atoms with E-state index in [2.05, 4.69) is 0 Å². The molecule has 0 bridgehead atoms. The topological polar surface area (TPSA) is 94.5 Å². The lowest BCUT2D eigenvalue weighted by atomic mass is 9.95. The van der Waals surface area contributed by atoms with E-state index in [0.29, 0.717) is 29.4 Å². The fourth-order valence-electron chi connectivity index (χ4n) is 4.39. The lowest BCUT2D eigenvalue weighted by Gasteiger charge is -2.25. The summed E-state index contributed by atoms with van der Waals surface area (Å²) < 4.78 is 21.8. The van der Waals surface area contributed by atoms with Gasteiger partial charge in [0.2, 0.25) is 0 Å². The van der Waals surface area contributed by atoms with Crippen LogP contribution >= 0.6 is 0 Å².